The molecule has 1 aliphatic carbocycles. The monoisotopic (exact) mass is 503 g/mol. The van der Waals surface area contributed by atoms with E-state index in [9.17, 15) is 27.9 Å². The fourth-order valence-corrected chi connectivity index (χ4v) is 4.57. The first-order valence-electron chi connectivity index (χ1n) is 11.9. The first-order chi connectivity index (χ1) is 17.2. The van der Waals surface area contributed by atoms with E-state index < -0.39 is 17.6 Å². The third-order valence-electron chi connectivity index (χ3n) is 6.40. The van der Waals surface area contributed by atoms with Gasteiger partial charge in [0.1, 0.15) is 0 Å². The van der Waals surface area contributed by atoms with E-state index in [1.165, 1.54) is 12.1 Å². The molecule has 36 heavy (non-hydrogen) atoms. The molecule has 192 valence electrons. The van der Waals surface area contributed by atoms with Crippen LogP contribution in [-0.4, -0.2) is 39.7 Å². The molecule has 1 fully saturated rings. The van der Waals surface area contributed by atoms with Crippen molar-refractivity contribution < 1.29 is 27.9 Å². The molecule has 8 nitrogen and oxygen atoms in total. The molecular formula is C25H28F3N5O3. The summed E-state index contributed by atoms with van der Waals surface area (Å²) in [6, 6.07) is 9.05. The third kappa shape index (κ3) is 5.62. The first-order valence-corrected chi connectivity index (χ1v) is 11.9. The SMILES string of the molecule is CCNC(=O)Nc1ccc2c(c1)nc(NC(=O)c1cccc(C(F)(F)F)c1)n2C1CCC(CO)CC1. The number of hydrogen-bond donors (Lipinski definition) is 4. The van der Waals surface area contributed by atoms with Gasteiger partial charge in [-0.3, -0.25) is 10.1 Å². The van der Waals surface area contributed by atoms with Crippen molar-refractivity contribution in [2.75, 3.05) is 23.8 Å². The molecule has 0 radical (unpaired) electrons. The van der Waals surface area contributed by atoms with Crippen molar-refractivity contribution in [1.82, 2.24) is 14.9 Å². The van der Waals surface area contributed by atoms with Gasteiger partial charge < -0.3 is 20.3 Å². The van der Waals surface area contributed by atoms with Crippen LogP contribution in [0.25, 0.3) is 11.0 Å². The highest BCUT2D eigenvalue weighted by Gasteiger charge is 2.31. The summed E-state index contributed by atoms with van der Waals surface area (Å²) in [4.78, 5) is 29.4. The van der Waals surface area contributed by atoms with E-state index in [-0.39, 0.29) is 36.1 Å². The summed E-state index contributed by atoms with van der Waals surface area (Å²) in [5.41, 5.74) is 0.715. The third-order valence-corrected chi connectivity index (χ3v) is 6.40. The van der Waals surface area contributed by atoms with Gasteiger partial charge >= 0.3 is 12.2 Å². The van der Waals surface area contributed by atoms with Gasteiger partial charge in [0, 0.05) is 30.4 Å². The Labute approximate surface area is 205 Å². The molecular weight excluding hydrogens is 475 g/mol. The Morgan fingerprint density at radius 2 is 1.83 bits per heavy atom. The van der Waals surface area contributed by atoms with E-state index in [2.05, 4.69) is 20.9 Å². The zero-order valence-electron chi connectivity index (χ0n) is 19.7. The van der Waals surface area contributed by atoms with Gasteiger partial charge in [-0.25, -0.2) is 9.78 Å². The van der Waals surface area contributed by atoms with Crippen LogP contribution in [0.4, 0.5) is 29.6 Å². The minimum Gasteiger partial charge on any atom is -0.396 e. The number of imidazole rings is 1. The Balaban J connectivity index is 1.68. The summed E-state index contributed by atoms with van der Waals surface area (Å²) >= 11 is 0. The number of halogens is 3. The second-order valence-corrected chi connectivity index (χ2v) is 8.88. The molecule has 1 saturated carbocycles. The standard InChI is InChI=1S/C25H28F3N5O3/c1-2-29-24(36)30-18-8-11-21-20(13-18)31-23(33(21)19-9-6-15(14-34)7-10-19)32-22(35)16-4-3-5-17(12-16)25(26,27)28/h3-5,8,11-13,15,19,34H,2,6-7,9-10,14H2,1H3,(H2,29,30,36)(H,31,32,35). The molecule has 11 heteroatoms. The van der Waals surface area contributed by atoms with Crippen molar-refractivity contribution in [3.05, 3.63) is 53.6 Å². The second-order valence-electron chi connectivity index (χ2n) is 8.88. The van der Waals surface area contributed by atoms with Crippen LogP contribution in [0, 0.1) is 5.92 Å². The van der Waals surface area contributed by atoms with Gasteiger partial charge in [-0.1, -0.05) is 6.07 Å². The fourth-order valence-electron chi connectivity index (χ4n) is 4.57. The molecule has 0 saturated heterocycles. The topological polar surface area (TPSA) is 108 Å². The Morgan fingerprint density at radius 3 is 2.50 bits per heavy atom. The molecule has 0 bridgehead atoms. The molecule has 0 aliphatic heterocycles. The van der Waals surface area contributed by atoms with E-state index in [4.69, 9.17) is 0 Å². The van der Waals surface area contributed by atoms with E-state index in [0.717, 1.165) is 43.3 Å². The lowest BCUT2D eigenvalue weighted by atomic mass is 9.86. The number of aliphatic hydroxyl groups excluding tert-OH is 1. The van der Waals surface area contributed by atoms with Gasteiger partial charge in [0.25, 0.3) is 5.91 Å². The Kier molecular flexibility index (Phi) is 7.48. The van der Waals surface area contributed by atoms with Crippen LogP contribution in [0.5, 0.6) is 0 Å². The predicted octanol–water partition coefficient (Wildman–Crippen LogP) is 5.17. The normalized spacial score (nSPS) is 18.1. The van der Waals surface area contributed by atoms with Crippen molar-refractivity contribution in [3.63, 3.8) is 0 Å². The zero-order chi connectivity index (χ0) is 25.9. The molecule has 0 spiro atoms. The lowest BCUT2D eigenvalue weighted by Gasteiger charge is -2.29. The number of benzene rings is 2. The summed E-state index contributed by atoms with van der Waals surface area (Å²) in [5, 5.41) is 17.6. The molecule has 3 aromatic rings. The van der Waals surface area contributed by atoms with Crippen LogP contribution in [0.15, 0.2) is 42.5 Å². The van der Waals surface area contributed by atoms with E-state index >= 15 is 0 Å². The summed E-state index contributed by atoms with van der Waals surface area (Å²) in [5.74, 6) is -0.274. The van der Waals surface area contributed by atoms with Crippen LogP contribution in [0.1, 0.15) is 54.6 Å². The van der Waals surface area contributed by atoms with Gasteiger partial charge in [-0.15, -0.1) is 0 Å². The first kappa shape index (κ1) is 25.5. The summed E-state index contributed by atoms with van der Waals surface area (Å²) < 4.78 is 41.3. The van der Waals surface area contributed by atoms with Gasteiger partial charge in [-0.05, 0) is 74.9 Å². The molecule has 1 aromatic heterocycles. The maximum atomic E-state index is 13.1. The highest BCUT2D eigenvalue weighted by Crippen LogP contribution is 2.37. The van der Waals surface area contributed by atoms with E-state index in [1.54, 1.807) is 25.1 Å². The van der Waals surface area contributed by atoms with Crippen LogP contribution < -0.4 is 16.0 Å². The second kappa shape index (κ2) is 10.6. The number of urea groups is 1. The summed E-state index contributed by atoms with van der Waals surface area (Å²) in [6.45, 7) is 2.38. The lowest BCUT2D eigenvalue weighted by Crippen LogP contribution is -2.28. The molecule has 0 unspecified atom stereocenters. The number of anilines is 2. The maximum absolute atomic E-state index is 13.1. The van der Waals surface area contributed by atoms with Crippen LogP contribution >= 0.6 is 0 Å². The number of alkyl halides is 3. The van der Waals surface area contributed by atoms with E-state index in [1.807, 2.05) is 4.57 Å². The lowest BCUT2D eigenvalue weighted by molar-refractivity contribution is -0.137. The van der Waals surface area contributed by atoms with Gasteiger partial charge in [-0.2, -0.15) is 13.2 Å². The fraction of sp³-hybridized carbons (Fsp3) is 0.400. The number of carbonyl (C=O) groups is 2. The van der Waals surface area contributed by atoms with Crippen LogP contribution in [-0.2, 0) is 6.18 Å². The Bertz CT molecular complexity index is 1250. The zero-order valence-corrected chi connectivity index (χ0v) is 19.7. The number of fused-ring (bicyclic) bond motifs is 1. The van der Waals surface area contributed by atoms with Crippen molar-refractivity contribution in [2.24, 2.45) is 5.92 Å². The van der Waals surface area contributed by atoms with Gasteiger partial charge in [0.2, 0.25) is 5.95 Å². The summed E-state index contributed by atoms with van der Waals surface area (Å²) in [6.07, 6.45) is -1.45. The smallest absolute Gasteiger partial charge is 0.396 e. The molecule has 1 aliphatic rings. The highest BCUT2D eigenvalue weighted by atomic mass is 19.4. The van der Waals surface area contributed by atoms with Crippen LogP contribution in [0.3, 0.4) is 0 Å². The van der Waals surface area contributed by atoms with Gasteiger partial charge in [0.15, 0.2) is 0 Å². The largest absolute Gasteiger partial charge is 0.416 e. The maximum Gasteiger partial charge on any atom is 0.416 e. The number of aliphatic hydroxyl groups is 1. The van der Waals surface area contributed by atoms with Crippen LogP contribution in [0.2, 0.25) is 0 Å². The number of hydrogen-bond acceptors (Lipinski definition) is 4. The van der Waals surface area contributed by atoms with Crippen molar-refractivity contribution in [3.8, 4) is 0 Å². The quantitative estimate of drug-likeness (QED) is 0.372. The molecule has 0 atom stereocenters. The number of amides is 3. The number of nitrogens with zero attached hydrogens (tertiary/aromatic N) is 2. The molecule has 4 N–H and O–H groups in total. The minimum absolute atomic E-state index is 0.0168. The van der Waals surface area contributed by atoms with Crippen molar-refractivity contribution in [1.29, 1.82) is 0 Å². The number of aromatic nitrogens is 2. The van der Waals surface area contributed by atoms with Crippen molar-refractivity contribution >= 4 is 34.6 Å². The molecule has 1 heterocycles. The van der Waals surface area contributed by atoms with Gasteiger partial charge in [0.05, 0.1) is 16.6 Å². The Hall–Kier alpha value is -3.60. The summed E-state index contributed by atoms with van der Waals surface area (Å²) in [7, 11) is 0. The highest BCUT2D eigenvalue weighted by molar-refractivity contribution is 6.04. The van der Waals surface area contributed by atoms with E-state index in [0.29, 0.717) is 17.7 Å². The predicted molar refractivity (Wildman–Crippen MR) is 130 cm³/mol. The average molecular weight is 504 g/mol. The number of rotatable bonds is 6. The molecule has 3 amide bonds. The molecule has 2 aromatic carbocycles. The van der Waals surface area contributed by atoms with Crippen molar-refractivity contribution in [2.45, 2.75) is 44.8 Å². The number of nitrogens with one attached hydrogen (secondary N) is 3. The minimum atomic E-state index is -4.57. The molecule has 4 rings (SSSR count). The number of carbonyl (C=O) groups excluding carboxylic acids is 2. The Morgan fingerprint density at radius 1 is 1.08 bits per heavy atom. The average Bonchev–Trinajstić information content (AvgIpc) is 3.20.